The van der Waals surface area contributed by atoms with Crippen LogP contribution < -0.4 is 9.51 Å². The molecule has 2 heterocycles. The molecule has 1 fully saturated rings. The molecule has 0 aliphatic heterocycles. The zero-order chi connectivity index (χ0) is 16.4. The SMILES string of the molecule is N#CCCn1c(C(=O)C(=O)OC2CCC2)c([O-])[n+]2ccccc12. The molecular weight excluding hydrogens is 298 g/mol. The summed E-state index contributed by atoms with van der Waals surface area (Å²) >= 11 is 0. The maximum absolute atomic E-state index is 12.5. The summed E-state index contributed by atoms with van der Waals surface area (Å²) in [6.45, 7) is 0.157. The lowest BCUT2D eigenvalue weighted by Gasteiger charge is -2.24. The number of imidazole rings is 1. The van der Waals surface area contributed by atoms with Crippen molar-refractivity contribution < 1.29 is 23.8 Å². The minimum absolute atomic E-state index is 0.122. The van der Waals surface area contributed by atoms with Gasteiger partial charge in [0.05, 0.1) is 18.7 Å². The topological polar surface area (TPSA) is 99.2 Å². The third kappa shape index (κ3) is 2.63. The summed E-state index contributed by atoms with van der Waals surface area (Å²) in [7, 11) is 0. The van der Waals surface area contributed by atoms with Crippen molar-refractivity contribution in [3.05, 3.63) is 30.1 Å². The highest BCUT2D eigenvalue weighted by molar-refractivity contribution is 6.40. The number of nitriles is 1. The highest BCUT2D eigenvalue weighted by atomic mass is 16.5. The van der Waals surface area contributed by atoms with Gasteiger partial charge in [0.15, 0.2) is 0 Å². The Morgan fingerprint density at radius 2 is 2.22 bits per heavy atom. The summed E-state index contributed by atoms with van der Waals surface area (Å²) in [5.41, 5.74) is 0.211. The minimum atomic E-state index is -1.01. The van der Waals surface area contributed by atoms with Crippen LogP contribution >= 0.6 is 0 Å². The van der Waals surface area contributed by atoms with Crippen molar-refractivity contribution in [3.8, 4) is 11.9 Å². The molecule has 1 aliphatic carbocycles. The number of rotatable bonds is 5. The van der Waals surface area contributed by atoms with Crippen LogP contribution in [0.5, 0.6) is 5.88 Å². The van der Waals surface area contributed by atoms with Crippen LogP contribution in [-0.4, -0.2) is 22.4 Å². The first-order valence-electron chi connectivity index (χ1n) is 7.45. The van der Waals surface area contributed by atoms with Gasteiger partial charge in [0, 0.05) is 6.07 Å². The number of pyridine rings is 1. The number of carbonyl (C=O) groups excluding carboxylic acids is 2. The second-order valence-electron chi connectivity index (χ2n) is 5.43. The van der Waals surface area contributed by atoms with E-state index < -0.39 is 17.6 Å². The van der Waals surface area contributed by atoms with Gasteiger partial charge in [-0.15, -0.1) is 0 Å². The van der Waals surface area contributed by atoms with E-state index >= 15 is 0 Å². The number of carbonyl (C=O) groups is 2. The smallest absolute Gasteiger partial charge is 0.384 e. The van der Waals surface area contributed by atoms with E-state index in [0.717, 1.165) is 19.3 Å². The lowest BCUT2D eigenvalue weighted by Crippen LogP contribution is -2.31. The van der Waals surface area contributed by atoms with E-state index in [1.807, 2.05) is 6.07 Å². The molecule has 118 valence electrons. The van der Waals surface area contributed by atoms with Gasteiger partial charge in [-0.05, 0) is 25.3 Å². The Balaban J connectivity index is 2.00. The van der Waals surface area contributed by atoms with Crippen LogP contribution in [0.3, 0.4) is 0 Å². The maximum Gasteiger partial charge on any atom is 0.384 e. The lowest BCUT2D eigenvalue weighted by atomic mass is 9.96. The summed E-state index contributed by atoms with van der Waals surface area (Å²) in [6, 6.07) is 7.01. The number of Topliss-reactive ketones (excluding diaryl/α,β-unsaturated/α-hetero) is 1. The zero-order valence-electron chi connectivity index (χ0n) is 12.4. The summed E-state index contributed by atoms with van der Waals surface area (Å²) in [4.78, 5) is 24.4. The molecule has 0 unspecified atom stereocenters. The van der Waals surface area contributed by atoms with Crippen molar-refractivity contribution in [2.75, 3.05) is 0 Å². The van der Waals surface area contributed by atoms with Crippen molar-refractivity contribution in [1.82, 2.24) is 4.57 Å². The van der Waals surface area contributed by atoms with Crippen LogP contribution in [0.4, 0.5) is 0 Å². The van der Waals surface area contributed by atoms with Gasteiger partial charge in [0.1, 0.15) is 18.5 Å². The lowest BCUT2D eigenvalue weighted by molar-refractivity contribution is -0.582. The molecule has 1 saturated carbocycles. The monoisotopic (exact) mass is 313 g/mol. The third-order valence-corrected chi connectivity index (χ3v) is 3.98. The number of hydrogen-bond donors (Lipinski definition) is 0. The fourth-order valence-electron chi connectivity index (χ4n) is 2.57. The second kappa shape index (κ2) is 6.08. The van der Waals surface area contributed by atoms with E-state index in [0.29, 0.717) is 5.65 Å². The molecule has 2 aromatic rings. The van der Waals surface area contributed by atoms with Gasteiger partial charge in [-0.2, -0.15) is 5.26 Å². The molecular formula is C16H15N3O4. The number of hydrogen-bond acceptors (Lipinski definition) is 5. The van der Waals surface area contributed by atoms with Crippen molar-refractivity contribution in [1.29, 1.82) is 5.26 Å². The Hall–Kier alpha value is -2.88. The first-order valence-corrected chi connectivity index (χ1v) is 7.45. The van der Waals surface area contributed by atoms with Gasteiger partial charge in [-0.3, -0.25) is 4.79 Å². The normalized spacial score (nSPS) is 14.2. The number of ketones is 1. The molecule has 7 nitrogen and oxygen atoms in total. The molecule has 23 heavy (non-hydrogen) atoms. The first kappa shape index (κ1) is 15.0. The van der Waals surface area contributed by atoms with Crippen molar-refractivity contribution in [2.45, 2.75) is 38.3 Å². The number of nitrogens with zero attached hydrogens (tertiary/aromatic N) is 3. The molecule has 0 amide bonds. The number of ether oxygens (including phenoxy) is 1. The van der Waals surface area contributed by atoms with Gasteiger partial charge in [0.2, 0.25) is 5.69 Å². The summed E-state index contributed by atoms with van der Waals surface area (Å²) < 4.78 is 7.80. The fourth-order valence-corrected chi connectivity index (χ4v) is 2.57. The predicted octanol–water partition coefficient (Wildman–Crippen LogP) is 0.492. The van der Waals surface area contributed by atoms with Crippen molar-refractivity contribution in [2.24, 2.45) is 0 Å². The van der Waals surface area contributed by atoms with Crippen LogP contribution in [0.25, 0.3) is 5.65 Å². The van der Waals surface area contributed by atoms with E-state index in [4.69, 9.17) is 10.00 Å². The summed E-state index contributed by atoms with van der Waals surface area (Å²) in [5, 5.41) is 21.2. The highest BCUT2D eigenvalue weighted by Crippen LogP contribution is 2.23. The molecule has 0 saturated heterocycles. The molecule has 0 N–H and O–H groups in total. The molecule has 0 atom stereocenters. The van der Waals surface area contributed by atoms with Crippen LogP contribution in [0.2, 0.25) is 0 Å². The average molecular weight is 313 g/mol. The van der Waals surface area contributed by atoms with E-state index in [-0.39, 0.29) is 24.8 Å². The number of fused-ring (bicyclic) bond motifs is 1. The second-order valence-corrected chi connectivity index (χ2v) is 5.43. The average Bonchev–Trinajstić information content (AvgIpc) is 2.80. The van der Waals surface area contributed by atoms with Crippen LogP contribution in [0, 0.1) is 11.3 Å². The van der Waals surface area contributed by atoms with Crippen LogP contribution in [-0.2, 0) is 16.1 Å². The molecule has 2 aromatic heterocycles. The number of aryl methyl sites for hydroxylation is 1. The van der Waals surface area contributed by atoms with Gasteiger partial charge in [0.25, 0.3) is 5.65 Å². The Labute approximate surface area is 132 Å². The van der Waals surface area contributed by atoms with Gasteiger partial charge in [-0.1, -0.05) is 6.07 Å². The molecule has 0 bridgehead atoms. The first-order chi connectivity index (χ1) is 11.1. The molecule has 0 aromatic carbocycles. The van der Waals surface area contributed by atoms with Crippen molar-refractivity contribution in [3.63, 3.8) is 0 Å². The van der Waals surface area contributed by atoms with Gasteiger partial charge in [-0.25, -0.2) is 13.8 Å². The Morgan fingerprint density at radius 1 is 1.43 bits per heavy atom. The van der Waals surface area contributed by atoms with E-state index in [2.05, 4.69) is 0 Å². The Kier molecular flexibility index (Phi) is 3.98. The quantitative estimate of drug-likeness (QED) is 0.346. The minimum Gasteiger partial charge on any atom is -0.839 e. The summed E-state index contributed by atoms with van der Waals surface area (Å²) in [5.74, 6) is -2.54. The summed E-state index contributed by atoms with van der Waals surface area (Å²) in [6.07, 6.45) is 3.87. The molecule has 0 radical (unpaired) electrons. The third-order valence-electron chi connectivity index (χ3n) is 3.98. The van der Waals surface area contributed by atoms with Gasteiger partial charge >= 0.3 is 11.8 Å². The van der Waals surface area contributed by atoms with E-state index in [1.165, 1.54) is 15.2 Å². The van der Waals surface area contributed by atoms with Crippen LogP contribution in [0.15, 0.2) is 24.4 Å². The molecule has 7 heteroatoms. The van der Waals surface area contributed by atoms with E-state index in [9.17, 15) is 14.7 Å². The molecule has 1 aliphatic rings. The highest BCUT2D eigenvalue weighted by Gasteiger charge is 2.33. The van der Waals surface area contributed by atoms with E-state index in [1.54, 1.807) is 18.2 Å². The Bertz CT molecular complexity index is 815. The standard InChI is InChI=1S/C16H15N3O4/c17-8-4-10-18-12-7-1-2-9-19(12)15(21)13(18)14(20)16(22)23-11-5-3-6-11/h1-2,7,9,11H,3-6,10H2. The fraction of sp³-hybridized carbons (Fsp3) is 0.375. The molecule has 3 rings (SSSR count). The maximum atomic E-state index is 12.5. The zero-order valence-corrected chi connectivity index (χ0v) is 12.4. The van der Waals surface area contributed by atoms with Gasteiger partial charge < -0.3 is 9.84 Å². The molecule has 0 spiro atoms. The number of esters is 1. The Morgan fingerprint density at radius 3 is 2.87 bits per heavy atom. The predicted molar refractivity (Wildman–Crippen MR) is 75.3 cm³/mol. The van der Waals surface area contributed by atoms with Crippen LogP contribution in [0.1, 0.15) is 36.2 Å². The number of aromatic nitrogens is 2. The van der Waals surface area contributed by atoms with Crippen molar-refractivity contribution >= 4 is 17.4 Å². The largest absolute Gasteiger partial charge is 0.839 e.